The topological polar surface area (TPSA) is 57.7 Å². The second-order valence-corrected chi connectivity index (χ2v) is 11.1. The summed E-state index contributed by atoms with van der Waals surface area (Å²) in [6.45, 7) is 7.56. The van der Waals surface area contributed by atoms with Gasteiger partial charge in [-0.15, -0.1) is 0 Å². The number of sulfonamides is 1. The van der Waals surface area contributed by atoms with Gasteiger partial charge in [-0.05, 0) is 29.7 Å². The fraction of sp³-hybridized carbons (Fsp3) is 0.667. The molecule has 5 nitrogen and oxygen atoms in total. The van der Waals surface area contributed by atoms with Crippen molar-refractivity contribution in [3.8, 4) is 0 Å². The Morgan fingerprint density at radius 3 is 2.30 bits per heavy atom. The van der Waals surface area contributed by atoms with E-state index in [1.165, 1.54) is 5.56 Å². The highest BCUT2D eigenvalue weighted by Gasteiger charge is 2.65. The molecule has 3 fully saturated rings. The van der Waals surface area contributed by atoms with Crippen LogP contribution in [0.25, 0.3) is 0 Å². The first-order valence-electron chi connectivity index (χ1n) is 10.0. The Bertz CT molecular complexity index is 813. The van der Waals surface area contributed by atoms with Gasteiger partial charge in [0.25, 0.3) is 0 Å². The number of carbonyl (C=O) groups is 1. The Morgan fingerprint density at radius 2 is 1.74 bits per heavy atom. The normalized spacial score (nSPS) is 31.5. The van der Waals surface area contributed by atoms with Gasteiger partial charge in [0.1, 0.15) is 5.78 Å². The van der Waals surface area contributed by atoms with Crippen molar-refractivity contribution in [2.24, 2.45) is 16.7 Å². The third-order valence-electron chi connectivity index (χ3n) is 7.54. The summed E-state index contributed by atoms with van der Waals surface area (Å²) in [7, 11) is -3.43. The molecule has 2 saturated carbocycles. The van der Waals surface area contributed by atoms with Crippen molar-refractivity contribution in [2.75, 3.05) is 31.9 Å². The summed E-state index contributed by atoms with van der Waals surface area (Å²) < 4.78 is 28.0. The lowest BCUT2D eigenvalue weighted by molar-refractivity contribution is -0.128. The van der Waals surface area contributed by atoms with Crippen LogP contribution in [0.15, 0.2) is 30.3 Å². The number of fused-ring (bicyclic) bond motifs is 2. The van der Waals surface area contributed by atoms with Gasteiger partial charge in [0.2, 0.25) is 10.0 Å². The van der Waals surface area contributed by atoms with Gasteiger partial charge in [-0.1, -0.05) is 44.2 Å². The van der Waals surface area contributed by atoms with E-state index < -0.39 is 15.4 Å². The van der Waals surface area contributed by atoms with Crippen molar-refractivity contribution in [1.82, 2.24) is 9.21 Å². The summed E-state index contributed by atoms with van der Waals surface area (Å²) >= 11 is 0. The van der Waals surface area contributed by atoms with Crippen molar-refractivity contribution in [1.29, 1.82) is 0 Å². The summed E-state index contributed by atoms with van der Waals surface area (Å²) in [6.07, 6.45) is 2.28. The minimum atomic E-state index is -3.43. The van der Waals surface area contributed by atoms with Crippen LogP contribution in [0.4, 0.5) is 0 Å². The van der Waals surface area contributed by atoms with E-state index in [0.717, 1.165) is 32.5 Å². The highest BCUT2D eigenvalue weighted by molar-refractivity contribution is 7.89. The molecule has 148 valence electrons. The minimum absolute atomic E-state index is 0.00101. The standard InChI is InChI=1S/C21H30N2O3S/c1-20(2)18-8-9-21(20,19(24)14-18)16-27(25,26)23-12-10-22(11-13-23)15-17-6-4-3-5-7-17/h3-7,18H,8-16H2,1-2H3/t18-,21-/m1/s1. The number of rotatable bonds is 5. The molecule has 0 radical (unpaired) electrons. The predicted octanol–water partition coefficient (Wildman–Crippen LogP) is 2.53. The lowest BCUT2D eigenvalue weighted by Gasteiger charge is -2.39. The van der Waals surface area contributed by atoms with Gasteiger partial charge in [-0.3, -0.25) is 9.69 Å². The van der Waals surface area contributed by atoms with Crippen LogP contribution >= 0.6 is 0 Å². The molecule has 2 aliphatic carbocycles. The van der Waals surface area contributed by atoms with Crippen LogP contribution in [0.5, 0.6) is 0 Å². The number of nitrogens with zero attached hydrogens (tertiary/aromatic N) is 2. The largest absolute Gasteiger partial charge is 0.299 e. The Balaban J connectivity index is 1.41. The minimum Gasteiger partial charge on any atom is -0.299 e. The van der Waals surface area contributed by atoms with E-state index in [9.17, 15) is 13.2 Å². The molecule has 2 atom stereocenters. The molecule has 3 aliphatic rings. The summed E-state index contributed by atoms with van der Waals surface area (Å²) in [4.78, 5) is 15.0. The maximum atomic E-state index is 13.2. The Kier molecular flexibility index (Phi) is 4.72. The number of Topliss-reactive ketones (excluding diaryl/α,β-unsaturated/α-hetero) is 1. The third kappa shape index (κ3) is 3.15. The SMILES string of the molecule is CC1(C)[C@@H]2CC[C@@]1(CS(=O)(=O)N1CCN(Cc3ccccc3)CC1)C(=O)C2. The number of carbonyl (C=O) groups excluding carboxylic acids is 1. The second-order valence-electron chi connectivity index (χ2n) is 9.08. The van der Waals surface area contributed by atoms with E-state index in [2.05, 4.69) is 30.9 Å². The van der Waals surface area contributed by atoms with Crippen LogP contribution in [-0.4, -0.2) is 55.3 Å². The van der Waals surface area contributed by atoms with Crippen molar-refractivity contribution in [2.45, 2.75) is 39.7 Å². The molecule has 1 aliphatic heterocycles. The van der Waals surface area contributed by atoms with Crippen molar-refractivity contribution < 1.29 is 13.2 Å². The zero-order chi connectivity index (χ0) is 19.3. The molecule has 27 heavy (non-hydrogen) atoms. The molecule has 0 amide bonds. The molecular formula is C21H30N2O3S. The van der Waals surface area contributed by atoms with Crippen LogP contribution in [0.2, 0.25) is 0 Å². The Hall–Kier alpha value is -1.24. The smallest absolute Gasteiger partial charge is 0.215 e. The number of piperazine rings is 1. The van der Waals surface area contributed by atoms with Gasteiger partial charge < -0.3 is 0 Å². The van der Waals surface area contributed by atoms with Gasteiger partial charge in [0.05, 0.1) is 5.75 Å². The fourth-order valence-corrected chi connectivity index (χ4v) is 7.72. The first-order valence-corrected chi connectivity index (χ1v) is 11.6. The van der Waals surface area contributed by atoms with Gasteiger partial charge in [0, 0.05) is 44.6 Å². The number of ketones is 1. The highest BCUT2D eigenvalue weighted by Crippen LogP contribution is 2.64. The molecule has 6 heteroatoms. The number of hydrogen-bond acceptors (Lipinski definition) is 4. The van der Waals surface area contributed by atoms with Gasteiger partial charge >= 0.3 is 0 Å². The van der Waals surface area contributed by atoms with E-state index in [0.29, 0.717) is 25.4 Å². The molecule has 1 aromatic rings. The van der Waals surface area contributed by atoms with E-state index in [1.807, 2.05) is 18.2 Å². The molecule has 2 bridgehead atoms. The molecule has 4 rings (SSSR count). The molecular weight excluding hydrogens is 360 g/mol. The van der Waals surface area contributed by atoms with E-state index >= 15 is 0 Å². The van der Waals surface area contributed by atoms with E-state index in [-0.39, 0.29) is 17.0 Å². The molecule has 0 spiro atoms. The number of benzene rings is 1. The maximum absolute atomic E-state index is 13.2. The molecule has 1 aromatic carbocycles. The number of hydrogen-bond donors (Lipinski definition) is 0. The first-order chi connectivity index (χ1) is 12.7. The quantitative estimate of drug-likeness (QED) is 0.775. The summed E-state index contributed by atoms with van der Waals surface area (Å²) in [5.74, 6) is 0.527. The Morgan fingerprint density at radius 1 is 1.07 bits per heavy atom. The van der Waals surface area contributed by atoms with Crippen LogP contribution in [0.3, 0.4) is 0 Å². The van der Waals surface area contributed by atoms with E-state index in [4.69, 9.17) is 0 Å². The third-order valence-corrected chi connectivity index (χ3v) is 9.55. The monoisotopic (exact) mass is 390 g/mol. The van der Waals surface area contributed by atoms with Crippen LogP contribution in [0, 0.1) is 16.7 Å². The fourth-order valence-electron chi connectivity index (χ4n) is 5.52. The zero-order valence-corrected chi connectivity index (χ0v) is 17.2. The first kappa shape index (κ1) is 19.1. The molecule has 0 aromatic heterocycles. The Labute approximate surface area is 162 Å². The average Bonchev–Trinajstić information content (AvgIpc) is 2.97. The molecule has 0 N–H and O–H groups in total. The van der Waals surface area contributed by atoms with E-state index in [1.54, 1.807) is 4.31 Å². The van der Waals surface area contributed by atoms with Gasteiger partial charge in [-0.2, -0.15) is 4.31 Å². The summed E-state index contributed by atoms with van der Waals surface area (Å²) in [5.41, 5.74) is 0.382. The molecule has 0 unspecified atom stereocenters. The van der Waals surface area contributed by atoms with Crippen LogP contribution in [-0.2, 0) is 21.4 Å². The maximum Gasteiger partial charge on any atom is 0.215 e. The summed E-state index contributed by atoms with van der Waals surface area (Å²) in [6, 6.07) is 10.3. The van der Waals surface area contributed by atoms with Crippen LogP contribution in [0.1, 0.15) is 38.7 Å². The van der Waals surface area contributed by atoms with Crippen molar-refractivity contribution in [3.63, 3.8) is 0 Å². The molecule has 1 saturated heterocycles. The zero-order valence-electron chi connectivity index (χ0n) is 16.4. The second kappa shape index (κ2) is 6.68. The van der Waals surface area contributed by atoms with Crippen molar-refractivity contribution in [3.05, 3.63) is 35.9 Å². The van der Waals surface area contributed by atoms with Gasteiger partial charge in [-0.25, -0.2) is 8.42 Å². The summed E-state index contributed by atoms with van der Waals surface area (Å²) in [5, 5.41) is 0. The lowest BCUT2D eigenvalue weighted by atomic mass is 9.70. The van der Waals surface area contributed by atoms with Crippen LogP contribution < -0.4 is 0 Å². The predicted molar refractivity (Wildman–Crippen MR) is 106 cm³/mol. The average molecular weight is 391 g/mol. The van der Waals surface area contributed by atoms with Crippen molar-refractivity contribution >= 4 is 15.8 Å². The van der Waals surface area contributed by atoms with Gasteiger partial charge in [0.15, 0.2) is 0 Å². The molecule has 1 heterocycles. The highest BCUT2D eigenvalue weighted by atomic mass is 32.2. The lowest BCUT2D eigenvalue weighted by Crippen LogP contribution is -2.52.